The molecule has 182 valence electrons. The van der Waals surface area contributed by atoms with Crippen molar-refractivity contribution >= 4 is 29.6 Å². The lowest BCUT2D eigenvalue weighted by atomic mass is 9.99. The fourth-order valence-corrected chi connectivity index (χ4v) is 3.99. The van der Waals surface area contributed by atoms with Crippen LogP contribution < -0.4 is 10.2 Å². The molecule has 3 rings (SSSR count). The largest absolute Gasteiger partial charge is 0.378 e. The molecule has 1 aromatic carbocycles. The number of amides is 3. The lowest BCUT2D eigenvalue weighted by molar-refractivity contribution is -0.158. The summed E-state index contributed by atoms with van der Waals surface area (Å²) >= 11 is 0. The minimum atomic E-state index is -0.896. The fourth-order valence-electron chi connectivity index (χ4n) is 3.99. The Morgan fingerprint density at radius 3 is 2.76 bits per heavy atom. The van der Waals surface area contributed by atoms with Crippen LogP contribution in [0.1, 0.15) is 26.2 Å². The second-order valence-electron chi connectivity index (χ2n) is 8.15. The van der Waals surface area contributed by atoms with E-state index in [1.807, 2.05) is 11.8 Å². The van der Waals surface area contributed by atoms with Crippen LogP contribution in [-0.2, 0) is 23.9 Å². The molecule has 2 N–H and O–H groups in total. The average molecular weight is 467 g/mol. The first-order valence-electron chi connectivity index (χ1n) is 11.2. The van der Waals surface area contributed by atoms with Gasteiger partial charge in [0.15, 0.2) is 0 Å². The summed E-state index contributed by atoms with van der Waals surface area (Å²) < 4.78 is 25.3. The highest BCUT2D eigenvalue weighted by Gasteiger charge is 2.38. The number of ether oxygens (including phenoxy) is 2. The number of hydrogen-bond donors (Lipinski definition) is 2. The molecule has 10 nitrogen and oxygen atoms in total. The van der Waals surface area contributed by atoms with Crippen LogP contribution >= 0.6 is 0 Å². The van der Waals surface area contributed by atoms with Gasteiger partial charge in [-0.05, 0) is 24.6 Å². The summed E-state index contributed by atoms with van der Waals surface area (Å²) in [5, 5.41) is 12.7. The SMILES string of the molecule is CCCC[C@H](CN(O)C=O)C(=O)N1COC[C@H]1C(=O)Nc1ccc(N2CCOCC2)c(F)c1. The lowest BCUT2D eigenvalue weighted by Crippen LogP contribution is -2.48. The standard InChI is InChI=1S/C22H31FN4O6/c1-2-3-4-16(12-26(31)14-28)22(30)27-15-33-13-20(27)21(29)24-17-5-6-19(18(23)11-17)25-7-9-32-10-8-25/h5-6,11,14,16,20,31H,2-4,7-10,12-13,15H2,1H3,(H,24,29)/t16-,20+/m1/s1. The van der Waals surface area contributed by atoms with Crippen molar-refractivity contribution in [3.63, 3.8) is 0 Å². The molecule has 1 aromatic rings. The number of nitrogens with one attached hydrogen (secondary N) is 1. The zero-order valence-corrected chi connectivity index (χ0v) is 18.7. The van der Waals surface area contributed by atoms with Crippen LogP contribution in [0.5, 0.6) is 0 Å². The van der Waals surface area contributed by atoms with Crippen molar-refractivity contribution in [2.75, 3.05) is 56.4 Å². The van der Waals surface area contributed by atoms with Crippen LogP contribution in [-0.4, -0.2) is 85.6 Å². The highest BCUT2D eigenvalue weighted by molar-refractivity contribution is 5.98. The zero-order valence-electron chi connectivity index (χ0n) is 18.7. The van der Waals surface area contributed by atoms with Gasteiger partial charge in [0.1, 0.15) is 18.6 Å². The molecule has 2 aliphatic heterocycles. The number of hydroxylamine groups is 2. The predicted molar refractivity (Wildman–Crippen MR) is 117 cm³/mol. The van der Waals surface area contributed by atoms with E-state index in [1.54, 1.807) is 12.1 Å². The smallest absolute Gasteiger partial charge is 0.249 e. The van der Waals surface area contributed by atoms with E-state index in [2.05, 4.69) is 5.32 Å². The molecule has 2 saturated heterocycles. The first kappa shape index (κ1) is 24.9. The molecule has 2 aliphatic rings. The van der Waals surface area contributed by atoms with Crippen molar-refractivity contribution < 1.29 is 33.5 Å². The average Bonchev–Trinajstić information content (AvgIpc) is 3.32. The molecular formula is C22H31FN4O6. The fraction of sp³-hybridized carbons (Fsp3) is 0.591. The van der Waals surface area contributed by atoms with Gasteiger partial charge in [-0.2, -0.15) is 0 Å². The summed E-state index contributed by atoms with van der Waals surface area (Å²) in [7, 11) is 0. The van der Waals surface area contributed by atoms with Crippen LogP contribution in [0, 0.1) is 11.7 Å². The summed E-state index contributed by atoms with van der Waals surface area (Å²) in [6, 6.07) is 3.58. The van der Waals surface area contributed by atoms with E-state index in [0.29, 0.717) is 43.5 Å². The number of hydrogen-bond acceptors (Lipinski definition) is 7. The molecular weight excluding hydrogens is 435 g/mol. The maximum Gasteiger partial charge on any atom is 0.249 e. The Labute approximate surface area is 192 Å². The summed E-state index contributed by atoms with van der Waals surface area (Å²) in [6.45, 7) is 3.98. The highest BCUT2D eigenvalue weighted by atomic mass is 19.1. The molecule has 2 fully saturated rings. The normalized spacial score (nSPS) is 19.3. The van der Waals surface area contributed by atoms with Crippen molar-refractivity contribution in [3.8, 4) is 0 Å². The number of unbranched alkanes of at least 4 members (excludes halogenated alkanes) is 1. The topological polar surface area (TPSA) is 112 Å². The van der Waals surface area contributed by atoms with Crippen LogP contribution in [0.25, 0.3) is 0 Å². The van der Waals surface area contributed by atoms with Gasteiger partial charge < -0.3 is 24.6 Å². The second-order valence-corrected chi connectivity index (χ2v) is 8.15. The van der Waals surface area contributed by atoms with Crippen molar-refractivity contribution in [1.82, 2.24) is 9.96 Å². The maximum absolute atomic E-state index is 14.7. The Hall–Kier alpha value is -2.76. The van der Waals surface area contributed by atoms with Crippen LogP contribution in [0.15, 0.2) is 18.2 Å². The summed E-state index contributed by atoms with van der Waals surface area (Å²) in [5.41, 5.74) is 0.721. The van der Waals surface area contributed by atoms with Gasteiger partial charge in [0.05, 0.1) is 38.0 Å². The number of benzene rings is 1. The van der Waals surface area contributed by atoms with Gasteiger partial charge in [0.25, 0.3) is 0 Å². The molecule has 0 aliphatic carbocycles. The third kappa shape index (κ3) is 6.40. The number of morpholine rings is 1. The third-order valence-corrected chi connectivity index (χ3v) is 5.82. The number of halogens is 1. The predicted octanol–water partition coefficient (Wildman–Crippen LogP) is 1.44. The Morgan fingerprint density at radius 2 is 2.09 bits per heavy atom. The number of nitrogens with zero attached hydrogens (tertiary/aromatic N) is 3. The number of rotatable bonds is 10. The molecule has 0 aromatic heterocycles. The minimum absolute atomic E-state index is 0.00291. The van der Waals surface area contributed by atoms with Gasteiger partial charge in [-0.25, -0.2) is 9.45 Å². The van der Waals surface area contributed by atoms with Gasteiger partial charge in [0.2, 0.25) is 18.2 Å². The minimum Gasteiger partial charge on any atom is -0.378 e. The Bertz CT molecular complexity index is 835. The van der Waals surface area contributed by atoms with Crippen molar-refractivity contribution in [3.05, 3.63) is 24.0 Å². The van der Waals surface area contributed by atoms with Gasteiger partial charge in [0, 0.05) is 18.8 Å². The molecule has 0 bridgehead atoms. The third-order valence-electron chi connectivity index (χ3n) is 5.82. The van der Waals surface area contributed by atoms with E-state index < -0.39 is 23.7 Å². The molecule has 2 atom stereocenters. The molecule has 0 saturated carbocycles. The lowest BCUT2D eigenvalue weighted by Gasteiger charge is -2.29. The Kier molecular flexibility index (Phi) is 8.98. The van der Waals surface area contributed by atoms with Crippen LogP contribution in [0.2, 0.25) is 0 Å². The van der Waals surface area contributed by atoms with E-state index in [1.165, 1.54) is 11.0 Å². The molecule has 2 heterocycles. The maximum atomic E-state index is 14.7. The number of carbonyl (C=O) groups excluding carboxylic acids is 3. The van der Waals surface area contributed by atoms with Gasteiger partial charge in [-0.3, -0.25) is 19.6 Å². The van der Waals surface area contributed by atoms with E-state index in [-0.39, 0.29) is 37.9 Å². The van der Waals surface area contributed by atoms with E-state index in [0.717, 1.165) is 12.8 Å². The Morgan fingerprint density at radius 1 is 1.33 bits per heavy atom. The summed E-state index contributed by atoms with van der Waals surface area (Å²) in [5.74, 6) is -2.00. The summed E-state index contributed by atoms with van der Waals surface area (Å²) in [4.78, 5) is 40.0. The van der Waals surface area contributed by atoms with E-state index >= 15 is 0 Å². The van der Waals surface area contributed by atoms with Crippen molar-refractivity contribution in [2.24, 2.45) is 5.92 Å². The monoisotopic (exact) mass is 466 g/mol. The van der Waals surface area contributed by atoms with Gasteiger partial charge >= 0.3 is 0 Å². The zero-order chi connectivity index (χ0) is 23.8. The second kappa shape index (κ2) is 11.9. The van der Waals surface area contributed by atoms with Crippen molar-refractivity contribution in [1.29, 1.82) is 0 Å². The van der Waals surface area contributed by atoms with E-state index in [9.17, 15) is 24.0 Å². The highest BCUT2D eigenvalue weighted by Crippen LogP contribution is 2.25. The van der Waals surface area contributed by atoms with Gasteiger partial charge in [-0.15, -0.1) is 0 Å². The van der Waals surface area contributed by atoms with Gasteiger partial charge in [-0.1, -0.05) is 19.8 Å². The molecule has 0 radical (unpaired) electrons. The summed E-state index contributed by atoms with van der Waals surface area (Å²) in [6.07, 6.45) is 2.26. The molecule has 0 spiro atoms. The quantitative estimate of drug-likeness (QED) is 0.305. The molecule has 3 amide bonds. The number of carbonyl (C=O) groups is 3. The first-order valence-corrected chi connectivity index (χ1v) is 11.2. The Balaban J connectivity index is 1.66. The molecule has 11 heteroatoms. The van der Waals surface area contributed by atoms with E-state index in [4.69, 9.17) is 9.47 Å². The number of anilines is 2. The van der Waals surface area contributed by atoms with Crippen molar-refractivity contribution in [2.45, 2.75) is 32.2 Å². The molecule has 33 heavy (non-hydrogen) atoms. The van der Waals surface area contributed by atoms with Crippen LogP contribution in [0.4, 0.5) is 15.8 Å². The van der Waals surface area contributed by atoms with Crippen LogP contribution in [0.3, 0.4) is 0 Å². The molecule has 0 unspecified atom stereocenters. The first-order chi connectivity index (χ1) is 15.9.